The fraction of sp³-hybridized carbons (Fsp3) is 0.667. The molecule has 1 aromatic rings. The predicted molar refractivity (Wildman–Crippen MR) is 108 cm³/mol. The fourth-order valence-corrected chi connectivity index (χ4v) is 4.27. The molecule has 6 heteroatoms. The van der Waals surface area contributed by atoms with E-state index < -0.39 is 0 Å². The maximum Gasteiger partial charge on any atom is 0.191 e. The van der Waals surface area contributed by atoms with Crippen LogP contribution in [0, 0.1) is 11.3 Å². The monoisotopic (exact) mass is 375 g/mol. The van der Waals surface area contributed by atoms with Gasteiger partial charge in [-0.15, -0.1) is 0 Å². The van der Waals surface area contributed by atoms with Crippen molar-refractivity contribution in [3.8, 4) is 11.5 Å². The zero-order chi connectivity index (χ0) is 19.4. The van der Waals surface area contributed by atoms with Gasteiger partial charge in [0, 0.05) is 30.5 Å². The van der Waals surface area contributed by atoms with Gasteiger partial charge < -0.3 is 24.8 Å². The molecule has 0 amide bonds. The van der Waals surface area contributed by atoms with Gasteiger partial charge in [-0.2, -0.15) is 0 Å². The summed E-state index contributed by atoms with van der Waals surface area (Å²) in [5.74, 6) is 2.90. The minimum atomic E-state index is -0.0614. The van der Waals surface area contributed by atoms with Crippen LogP contribution in [0.25, 0.3) is 0 Å². The standard InChI is InChI=1S/C21H33N3O3/c1-6-22-20(24-18-15-11-12-26-19(15)21(18,3)4)23-13-14(2)27-17-10-8-7-9-16(17)25-5/h7-10,14-15,18-19H,6,11-13H2,1-5H3,(H2,22,23,24). The average Bonchev–Trinajstić information content (AvgIpc) is 3.11. The van der Waals surface area contributed by atoms with Crippen LogP contribution >= 0.6 is 0 Å². The number of aliphatic imine (C=N–C) groups is 1. The van der Waals surface area contributed by atoms with Crippen LogP contribution in [0.3, 0.4) is 0 Å². The van der Waals surface area contributed by atoms with Gasteiger partial charge in [0.15, 0.2) is 17.5 Å². The molecule has 1 aromatic carbocycles. The van der Waals surface area contributed by atoms with Crippen molar-refractivity contribution >= 4 is 5.96 Å². The first-order valence-electron chi connectivity index (χ1n) is 9.93. The largest absolute Gasteiger partial charge is 0.493 e. The number of methoxy groups -OCH3 is 1. The molecule has 27 heavy (non-hydrogen) atoms. The highest BCUT2D eigenvalue weighted by atomic mass is 16.5. The Morgan fingerprint density at radius 2 is 2.07 bits per heavy atom. The molecule has 0 radical (unpaired) electrons. The van der Waals surface area contributed by atoms with Gasteiger partial charge in [-0.25, -0.2) is 4.99 Å². The van der Waals surface area contributed by atoms with E-state index in [1.807, 2.05) is 31.2 Å². The lowest BCUT2D eigenvalue weighted by molar-refractivity contribution is -0.106. The molecule has 0 spiro atoms. The molecule has 6 nitrogen and oxygen atoms in total. The molecule has 2 aliphatic rings. The second kappa shape index (κ2) is 8.38. The molecule has 4 atom stereocenters. The molecular formula is C21H33N3O3. The van der Waals surface area contributed by atoms with Crippen molar-refractivity contribution in [1.82, 2.24) is 10.6 Å². The number of ether oxygens (including phenoxy) is 3. The lowest BCUT2D eigenvalue weighted by atomic mass is 9.57. The number of nitrogens with one attached hydrogen (secondary N) is 2. The van der Waals surface area contributed by atoms with E-state index in [2.05, 4.69) is 31.4 Å². The number of guanidine groups is 1. The fourth-order valence-electron chi connectivity index (χ4n) is 4.27. The molecule has 150 valence electrons. The van der Waals surface area contributed by atoms with Crippen molar-refractivity contribution in [1.29, 1.82) is 0 Å². The van der Waals surface area contributed by atoms with Crippen LogP contribution in [0.2, 0.25) is 0 Å². The Kier molecular flexibility index (Phi) is 6.15. The number of hydrogen-bond donors (Lipinski definition) is 2. The summed E-state index contributed by atoms with van der Waals surface area (Å²) >= 11 is 0. The molecule has 3 rings (SSSR count). The summed E-state index contributed by atoms with van der Waals surface area (Å²) in [4.78, 5) is 4.75. The van der Waals surface area contributed by atoms with E-state index in [0.717, 1.165) is 37.0 Å². The second-order valence-electron chi connectivity index (χ2n) is 7.99. The SMILES string of the molecule is CCNC(=NCC(C)Oc1ccccc1OC)NC1C2CCOC2C1(C)C. The minimum Gasteiger partial charge on any atom is -0.493 e. The highest BCUT2D eigenvalue weighted by Crippen LogP contribution is 2.52. The first-order chi connectivity index (χ1) is 13.0. The number of hydrogen-bond acceptors (Lipinski definition) is 4. The summed E-state index contributed by atoms with van der Waals surface area (Å²) in [6.07, 6.45) is 1.43. The third-order valence-corrected chi connectivity index (χ3v) is 5.64. The molecule has 2 fully saturated rings. The van der Waals surface area contributed by atoms with Crippen molar-refractivity contribution in [2.24, 2.45) is 16.3 Å². The van der Waals surface area contributed by atoms with E-state index in [-0.39, 0.29) is 11.5 Å². The average molecular weight is 376 g/mol. The molecule has 0 aromatic heterocycles. The zero-order valence-corrected chi connectivity index (χ0v) is 17.1. The van der Waals surface area contributed by atoms with Gasteiger partial charge in [0.05, 0.1) is 19.8 Å². The molecule has 1 aliphatic carbocycles. The maximum atomic E-state index is 6.01. The third kappa shape index (κ3) is 4.15. The quantitative estimate of drug-likeness (QED) is 0.567. The molecule has 4 unspecified atom stereocenters. The second-order valence-corrected chi connectivity index (χ2v) is 7.99. The number of fused-ring (bicyclic) bond motifs is 1. The van der Waals surface area contributed by atoms with Gasteiger partial charge in [-0.1, -0.05) is 26.0 Å². The van der Waals surface area contributed by atoms with E-state index in [1.165, 1.54) is 0 Å². The summed E-state index contributed by atoms with van der Waals surface area (Å²) < 4.78 is 17.3. The van der Waals surface area contributed by atoms with E-state index in [4.69, 9.17) is 19.2 Å². The third-order valence-electron chi connectivity index (χ3n) is 5.64. The van der Waals surface area contributed by atoms with Gasteiger partial charge >= 0.3 is 0 Å². The number of para-hydroxylation sites is 2. The van der Waals surface area contributed by atoms with Crippen molar-refractivity contribution < 1.29 is 14.2 Å². The van der Waals surface area contributed by atoms with Crippen LogP contribution in [0.1, 0.15) is 34.1 Å². The van der Waals surface area contributed by atoms with Gasteiger partial charge in [0.2, 0.25) is 0 Å². The highest BCUT2D eigenvalue weighted by Gasteiger charge is 2.59. The highest BCUT2D eigenvalue weighted by molar-refractivity contribution is 5.80. The van der Waals surface area contributed by atoms with E-state index in [0.29, 0.717) is 24.6 Å². The van der Waals surface area contributed by atoms with E-state index in [1.54, 1.807) is 7.11 Å². The topological polar surface area (TPSA) is 64.1 Å². The minimum absolute atomic E-state index is 0.0614. The van der Waals surface area contributed by atoms with Gasteiger partial charge in [0.1, 0.15) is 6.10 Å². The van der Waals surface area contributed by atoms with Crippen molar-refractivity contribution in [3.63, 3.8) is 0 Å². The van der Waals surface area contributed by atoms with Crippen molar-refractivity contribution in [2.45, 2.75) is 52.4 Å². The van der Waals surface area contributed by atoms with Gasteiger partial charge in [0.25, 0.3) is 0 Å². The van der Waals surface area contributed by atoms with E-state index in [9.17, 15) is 0 Å². The Balaban J connectivity index is 1.60. The Morgan fingerprint density at radius 3 is 2.78 bits per heavy atom. The molecule has 1 saturated carbocycles. The summed E-state index contributed by atoms with van der Waals surface area (Å²) in [5, 5.41) is 7.00. The predicted octanol–water partition coefficient (Wildman–Crippen LogP) is 2.83. The van der Waals surface area contributed by atoms with Crippen LogP contribution in [-0.2, 0) is 4.74 Å². The van der Waals surface area contributed by atoms with Crippen molar-refractivity contribution in [2.75, 3.05) is 26.8 Å². The van der Waals surface area contributed by atoms with Crippen LogP contribution < -0.4 is 20.1 Å². The molecule has 0 bridgehead atoms. The Labute approximate surface area is 162 Å². The summed E-state index contributed by atoms with van der Waals surface area (Å²) in [6, 6.07) is 8.07. The molecule has 1 saturated heterocycles. The van der Waals surface area contributed by atoms with Crippen LogP contribution in [0.4, 0.5) is 0 Å². The lowest BCUT2D eigenvalue weighted by Gasteiger charge is -2.54. The van der Waals surface area contributed by atoms with Crippen LogP contribution in [-0.4, -0.2) is 51.0 Å². The van der Waals surface area contributed by atoms with E-state index >= 15 is 0 Å². The van der Waals surface area contributed by atoms with Gasteiger partial charge in [-0.3, -0.25) is 0 Å². The van der Waals surface area contributed by atoms with Gasteiger partial charge in [-0.05, 0) is 32.4 Å². The van der Waals surface area contributed by atoms with Crippen LogP contribution in [0.5, 0.6) is 11.5 Å². The summed E-state index contributed by atoms with van der Waals surface area (Å²) in [6.45, 7) is 10.9. The molecule has 1 aliphatic heterocycles. The number of rotatable bonds is 7. The normalized spacial score (nSPS) is 27.3. The molecule has 2 N–H and O–H groups in total. The smallest absolute Gasteiger partial charge is 0.191 e. The lowest BCUT2D eigenvalue weighted by Crippen LogP contribution is -2.68. The Hall–Kier alpha value is -1.95. The Morgan fingerprint density at radius 1 is 1.33 bits per heavy atom. The Bertz CT molecular complexity index is 662. The number of nitrogens with zero attached hydrogens (tertiary/aromatic N) is 1. The zero-order valence-electron chi connectivity index (χ0n) is 17.1. The molecule has 1 heterocycles. The first kappa shape index (κ1) is 19.8. The number of benzene rings is 1. The first-order valence-corrected chi connectivity index (χ1v) is 9.93. The van der Waals surface area contributed by atoms with Crippen LogP contribution in [0.15, 0.2) is 29.3 Å². The summed E-state index contributed by atoms with van der Waals surface area (Å²) in [7, 11) is 1.65. The van der Waals surface area contributed by atoms with Crippen molar-refractivity contribution in [3.05, 3.63) is 24.3 Å². The molecular weight excluding hydrogens is 342 g/mol. The summed E-state index contributed by atoms with van der Waals surface area (Å²) in [5.41, 5.74) is 0.122. The maximum absolute atomic E-state index is 6.01.